The number of aliphatic hydroxyl groups is 3. The predicted molar refractivity (Wildman–Crippen MR) is 122 cm³/mol. The van der Waals surface area contributed by atoms with Gasteiger partial charge in [0.25, 0.3) is 0 Å². The van der Waals surface area contributed by atoms with Gasteiger partial charge in [0, 0.05) is 43.4 Å². The van der Waals surface area contributed by atoms with Gasteiger partial charge in [-0.2, -0.15) is 0 Å². The van der Waals surface area contributed by atoms with Crippen LogP contribution in [-0.2, 0) is 28.6 Å². The van der Waals surface area contributed by atoms with Crippen molar-refractivity contribution in [1.29, 1.82) is 0 Å². The lowest BCUT2D eigenvalue weighted by Gasteiger charge is -2.69. The molecule has 11 atom stereocenters. The zero-order chi connectivity index (χ0) is 26.2. The number of carbonyl (C=O) groups is 3. The van der Waals surface area contributed by atoms with Crippen molar-refractivity contribution in [3.8, 4) is 0 Å². The fourth-order valence-corrected chi connectivity index (χ4v) is 8.97. The van der Waals surface area contributed by atoms with Crippen LogP contribution in [0.25, 0.3) is 0 Å². The third-order valence-electron chi connectivity index (χ3n) is 9.49. The van der Waals surface area contributed by atoms with Gasteiger partial charge >= 0.3 is 17.9 Å². The minimum Gasteiger partial charge on any atom is -0.462 e. The van der Waals surface area contributed by atoms with Crippen molar-refractivity contribution in [2.45, 2.75) is 97.4 Å². The van der Waals surface area contributed by atoms with Crippen LogP contribution in [0.1, 0.15) is 60.8 Å². The molecule has 0 aromatic heterocycles. The SMILES string of the molecule is C=C1[C@@H]2C[C@H](OC(C)=O)[C@H]3[C@@]4(C)C[C@H](O)[C@H](OC(C)=O)C(C)(C)[C@H]4[C@@H](O)[C@H](OC(C)=O)[C@]3(C2)[C@@H]1O. The fraction of sp³-hybridized carbons (Fsp3) is 0.808. The predicted octanol–water partition coefficient (Wildman–Crippen LogP) is 1.51. The summed E-state index contributed by atoms with van der Waals surface area (Å²) < 4.78 is 17.2. The van der Waals surface area contributed by atoms with Crippen molar-refractivity contribution in [2.75, 3.05) is 0 Å². The minimum absolute atomic E-state index is 0.136. The molecule has 0 aromatic carbocycles. The molecule has 0 radical (unpaired) electrons. The Morgan fingerprint density at radius 2 is 1.40 bits per heavy atom. The van der Waals surface area contributed by atoms with Gasteiger partial charge in [-0.25, -0.2) is 0 Å². The van der Waals surface area contributed by atoms with Crippen molar-refractivity contribution in [2.24, 2.45) is 34.0 Å². The lowest BCUT2D eigenvalue weighted by atomic mass is 9.38. The first-order valence-electron chi connectivity index (χ1n) is 12.3. The van der Waals surface area contributed by atoms with E-state index >= 15 is 0 Å². The topological polar surface area (TPSA) is 140 Å². The third kappa shape index (κ3) is 3.56. The van der Waals surface area contributed by atoms with Crippen LogP contribution < -0.4 is 0 Å². The molecule has 2 bridgehead atoms. The lowest BCUT2D eigenvalue weighted by molar-refractivity contribution is -0.313. The van der Waals surface area contributed by atoms with Crippen LogP contribution in [0.5, 0.6) is 0 Å². The molecule has 4 rings (SSSR count). The van der Waals surface area contributed by atoms with Crippen molar-refractivity contribution >= 4 is 17.9 Å². The van der Waals surface area contributed by atoms with Crippen LogP contribution >= 0.6 is 0 Å². The number of esters is 3. The quantitative estimate of drug-likeness (QED) is 0.303. The Bertz CT molecular complexity index is 943. The Balaban J connectivity index is 1.95. The largest absolute Gasteiger partial charge is 0.462 e. The summed E-state index contributed by atoms with van der Waals surface area (Å²) in [5.74, 6) is -2.99. The molecule has 196 valence electrons. The number of aliphatic hydroxyl groups excluding tert-OH is 3. The summed E-state index contributed by atoms with van der Waals surface area (Å²) in [6.45, 7) is 13.5. The van der Waals surface area contributed by atoms with E-state index in [9.17, 15) is 29.7 Å². The summed E-state index contributed by atoms with van der Waals surface area (Å²) in [6, 6.07) is 0. The molecule has 3 N–H and O–H groups in total. The Kier molecular flexibility index (Phi) is 6.18. The van der Waals surface area contributed by atoms with E-state index in [4.69, 9.17) is 14.2 Å². The molecule has 9 heteroatoms. The fourth-order valence-electron chi connectivity index (χ4n) is 8.97. The van der Waals surface area contributed by atoms with Gasteiger partial charge in [0.1, 0.15) is 18.3 Å². The molecule has 9 nitrogen and oxygen atoms in total. The van der Waals surface area contributed by atoms with Gasteiger partial charge in [-0.05, 0) is 36.2 Å². The third-order valence-corrected chi connectivity index (χ3v) is 9.49. The van der Waals surface area contributed by atoms with Crippen LogP contribution in [0.3, 0.4) is 0 Å². The lowest BCUT2D eigenvalue weighted by Crippen LogP contribution is -2.75. The molecule has 4 fully saturated rings. The summed E-state index contributed by atoms with van der Waals surface area (Å²) in [6.07, 6.45) is -5.06. The number of hydrogen-bond donors (Lipinski definition) is 3. The minimum atomic E-state index is -1.24. The molecule has 0 unspecified atom stereocenters. The zero-order valence-electron chi connectivity index (χ0n) is 21.3. The Hall–Kier alpha value is -1.97. The number of rotatable bonds is 3. The van der Waals surface area contributed by atoms with Crippen molar-refractivity contribution in [3.63, 3.8) is 0 Å². The molecular weight excluding hydrogens is 456 g/mol. The monoisotopic (exact) mass is 494 g/mol. The average Bonchev–Trinajstić information content (AvgIpc) is 2.88. The highest BCUT2D eigenvalue weighted by Gasteiger charge is 2.78. The van der Waals surface area contributed by atoms with Gasteiger partial charge < -0.3 is 29.5 Å². The van der Waals surface area contributed by atoms with Crippen molar-refractivity contribution in [1.82, 2.24) is 0 Å². The average molecular weight is 495 g/mol. The van der Waals surface area contributed by atoms with Gasteiger partial charge in [0.05, 0.1) is 18.3 Å². The van der Waals surface area contributed by atoms with E-state index in [2.05, 4.69) is 6.58 Å². The number of fused-ring (bicyclic) bond motifs is 3. The van der Waals surface area contributed by atoms with Crippen LogP contribution in [0.2, 0.25) is 0 Å². The molecule has 0 amide bonds. The second-order valence-corrected chi connectivity index (χ2v) is 12.0. The Morgan fingerprint density at radius 3 is 1.94 bits per heavy atom. The second-order valence-electron chi connectivity index (χ2n) is 12.0. The molecule has 0 aliphatic heterocycles. The smallest absolute Gasteiger partial charge is 0.303 e. The van der Waals surface area contributed by atoms with Gasteiger partial charge in [0.2, 0.25) is 0 Å². The Morgan fingerprint density at radius 1 is 0.857 bits per heavy atom. The van der Waals surface area contributed by atoms with Crippen LogP contribution in [0.4, 0.5) is 0 Å². The molecule has 1 spiro atoms. The molecule has 4 aliphatic carbocycles. The molecule has 4 saturated carbocycles. The summed E-state index contributed by atoms with van der Waals surface area (Å²) in [4.78, 5) is 36.4. The second kappa shape index (κ2) is 8.28. The summed E-state index contributed by atoms with van der Waals surface area (Å²) in [5, 5.41) is 34.8. The van der Waals surface area contributed by atoms with Crippen LogP contribution in [0.15, 0.2) is 12.2 Å². The van der Waals surface area contributed by atoms with Gasteiger partial charge in [-0.15, -0.1) is 0 Å². The normalized spacial score (nSPS) is 47.8. The Labute approximate surface area is 205 Å². The molecule has 0 saturated heterocycles. The van der Waals surface area contributed by atoms with Crippen molar-refractivity contribution < 1.29 is 43.9 Å². The summed E-state index contributed by atoms with van der Waals surface area (Å²) in [5.41, 5.74) is -2.40. The van der Waals surface area contributed by atoms with Crippen LogP contribution in [-0.4, -0.2) is 69.9 Å². The van der Waals surface area contributed by atoms with Gasteiger partial charge in [0.15, 0.2) is 0 Å². The maximum Gasteiger partial charge on any atom is 0.303 e. The van der Waals surface area contributed by atoms with Gasteiger partial charge in [-0.1, -0.05) is 27.4 Å². The van der Waals surface area contributed by atoms with E-state index in [1.807, 2.05) is 20.8 Å². The number of carbonyl (C=O) groups excluding carboxylic acids is 3. The highest BCUT2D eigenvalue weighted by atomic mass is 16.6. The maximum absolute atomic E-state index is 12.3. The first-order valence-corrected chi connectivity index (χ1v) is 12.3. The van der Waals surface area contributed by atoms with E-state index < -0.39 is 82.6 Å². The van der Waals surface area contributed by atoms with Crippen molar-refractivity contribution in [3.05, 3.63) is 12.2 Å². The summed E-state index contributed by atoms with van der Waals surface area (Å²) in [7, 11) is 0. The van der Waals surface area contributed by atoms with Gasteiger partial charge in [-0.3, -0.25) is 14.4 Å². The summed E-state index contributed by atoms with van der Waals surface area (Å²) >= 11 is 0. The van der Waals surface area contributed by atoms with E-state index in [0.29, 0.717) is 18.4 Å². The zero-order valence-corrected chi connectivity index (χ0v) is 21.3. The molecule has 0 aromatic rings. The maximum atomic E-state index is 12.3. The molecule has 0 heterocycles. The van der Waals surface area contributed by atoms with E-state index in [0.717, 1.165) is 0 Å². The number of ether oxygens (including phenoxy) is 3. The highest BCUT2D eigenvalue weighted by molar-refractivity contribution is 5.67. The van der Waals surface area contributed by atoms with E-state index in [1.165, 1.54) is 20.8 Å². The molecular formula is C26H38O9. The first-order chi connectivity index (χ1) is 16.1. The standard InChI is InChI=1S/C26H38O9/c1-11-15-8-17(33-12(2)27)19-25(7)10-16(30)22(34-13(3)28)24(5,6)20(25)18(31)23(35-14(4)29)26(19,9-15)21(11)32/h15-23,30-32H,1,8-10H2,2-7H3/t15-,16+,17+,18-,19+,20-,21-,22+,23+,25-,26+/m1/s1. The highest BCUT2D eigenvalue weighted by Crippen LogP contribution is 2.73. The molecule has 4 aliphatic rings. The molecule has 35 heavy (non-hydrogen) atoms. The van der Waals surface area contributed by atoms with E-state index in [1.54, 1.807) is 0 Å². The first kappa shape index (κ1) is 26.1. The van der Waals surface area contributed by atoms with E-state index in [-0.39, 0.29) is 12.3 Å². The van der Waals surface area contributed by atoms with Crippen LogP contribution in [0, 0.1) is 34.0 Å². The number of hydrogen-bond acceptors (Lipinski definition) is 9.